The van der Waals surface area contributed by atoms with E-state index in [1.165, 1.54) is 17.5 Å². The van der Waals surface area contributed by atoms with Gasteiger partial charge in [-0.2, -0.15) is 0 Å². The van der Waals surface area contributed by atoms with Gasteiger partial charge in [0, 0.05) is 0 Å². The van der Waals surface area contributed by atoms with E-state index in [1.54, 1.807) is 7.11 Å². The minimum absolute atomic E-state index is 0.118. The number of phenols is 1. The third kappa shape index (κ3) is 1.84. The number of hydrogen-bond donors (Lipinski definition) is 2. The van der Waals surface area contributed by atoms with Crippen LogP contribution in [0, 0.1) is 17.3 Å². The maximum Gasteiger partial charge on any atom is 0.160 e. The minimum atomic E-state index is -0.121. The second-order valence-electron chi connectivity index (χ2n) is 7.78. The summed E-state index contributed by atoms with van der Waals surface area (Å²) >= 11 is 0. The smallest absolute Gasteiger partial charge is 0.160 e. The Balaban J connectivity index is 1.71. The average molecular weight is 302 g/mol. The van der Waals surface area contributed by atoms with Crippen LogP contribution in [0.2, 0.25) is 0 Å². The maximum absolute atomic E-state index is 10.4. The zero-order chi connectivity index (χ0) is 15.5. The van der Waals surface area contributed by atoms with Crippen LogP contribution in [-0.2, 0) is 6.42 Å². The Morgan fingerprint density at radius 1 is 1.18 bits per heavy atom. The number of fused-ring (bicyclic) bond motifs is 5. The molecule has 0 bridgehead atoms. The van der Waals surface area contributed by atoms with Gasteiger partial charge < -0.3 is 14.9 Å². The Morgan fingerprint density at radius 3 is 2.77 bits per heavy atom. The molecule has 2 saturated carbocycles. The molecule has 0 aromatic heterocycles. The number of benzene rings is 1. The molecule has 5 atom stereocenters. The molecule has 3 aliphatic carbocycles. The van der Waals surface area contributed by atoms with Gasteiger partial charge in [-0.15, -0.1) is 0 Å². The predicted octanol–water partition coefficient (Wildman–Crippen LogP) is 3.62. The molecule has 3 aliphatic rings. The first-order chi connectivity index (χ1) is 10.5. The summed E-state index contributed by atoms with van der Waals surface area (Å²) in [6.07, 6.45) is 6.51. The van der Waals surface area contributed by atoms with Gasteiger partial charge in [-0.05, 0) is 85.0 Å². The van der Waals surface area contributed by atoms with Crippen molar-refractivity contribution in [1.82, 2.24) is 0 Å². The van der Waals surface area contributed by atoms with E-state index in [4.69, 9.17) is 4.74 Å². The highest BCUT2D eigenvalue weighted by Crippen LogP contribution is 2.61. The summed E-state index contributed by atoms with van der Waals surface area (Å²) in [5.74, 6) is 2.70. The van der Waals surface area contributed by atoms with Gasteiger partial charge in [-0.3, -0.25) is 0 Å². The summed E-state index contributed by atoms with van der Waals surface area (Å²) in [4.78, 5) is 0. The van der Waals surface area contributed by atoms with Gasteiger partial charge in [0.1, 0.15) is 0 Å². The Hall–Kier alpha value is -1.22. The molecule has 0 heterocycles. The van der Waals surface area contributed by atoms with Gasteiger partial charge in [-0.1, -0.05) is 6.92 Å². The molecule has 1 aromatic carbocycles. The van der Waals surface area contributed by atoms with Crippen molar-refractivity contribution in [3.05, 3.63) is 23.3 Å². The van der Waals surface area contributed by atoms with E-state index in [9.17, 15) is 10.2 Å². The monoisotopic (exact) mass is 302 g/mol. The molecular weight excluding hydrogens is 276 g/mol. The third-order valence-electron chi connectivity index (χ3n) is 6.97. The molecular formula is C19H26O3. The molecule has 2 N–H and O–H groups in total. The lowest BCUT2D eigenvalue weighted by Crippen LogP contribution is -2.43. The summed E-state index contributed by atoms with van der Waals surface area (Å²) in [5, 5.41) is 20.6. The van der Waals surface area contributed by atoms with Crippen molar-refractivity contribution >= 4 is 0 Å². The van der Waals surface area contributed by atoms with Crippen molar-refractivity contribution < 1.29 is 14.9 Å². The second-order valence-corrected chi connectivity index (χ2v) is 7.78. The van der Waals surface area contributed by atoms with Crippen molar-refractivity contribution in [2.24, 2.45) is 17.3 Å². The molecule has 0 aliphatic heterocycles. The number of aliphatic hydroxyl groups is 1. The molecule has 0 amide bonds. The van der Waals surface area contributed by atoms with Gasteiger partial charge >= 0.3 is 0 Å². The van der Waals surface area contributed by atoms with Crippen LogP contribution >= 0.6 is 0 Å². The van der Waals surface area contributed by atoms with E-state index >= 15 is 0 Å². The molecule has 4 rings (SSSR count). The highest BCUT2D eigenvalue weighted by molar-refractivity contribution is 5.49. The molecule has 2 fully saturated rings. The largest absolute Gasteiger partial charge is 0.504 e. The lowest BCUT2D eigenvalue weighted by atomic mass is 9.55. The lowest BCUT2D eigenvalue weighted by Gasteiger charge is -2.50. The number of aliphatic hydroxyl groups excluding tert-OH is 1. The molecule has 3 nitrogen and oxygen atoms in total. The first-order valence-corrected chi connectivity index (χ1v) is 8.62. The van der Waals surface area contributed by atoms with E-state index in [0.717, 1.165) is 32.1 Å². The predicted molar refractivity (Wildman–Crippen MR) is 85.3 cm³/mol. The lowest BCUT2D eigenvalue weighted by molar-refractivity contribution is -0.0226. The van der Waals surface area contributed by atoms with E-state index < -0.39 is 0 Å². The van der Waals surface area contributed by atoms with Crippen LogP contribution < -0.4 is 4.74 Å². The van der Waals surface area contributed by atoms with Crippen molar-refractivity contribution in [2.45, 2.75) is 57.5 Å². The zero-order valence-corrected chi connectivity index (χ0v) is 13.5. The summed E-state index contributed by atoms with van der Waals surface area (Å²) < 4.78 is 5.26. The molecule has 0 spiro atoms. The Bertz CT molecular complexity index is 597. The van der Waals surface area contributed by atoms with Crippen molar-refractivity contribution in [3.63, 3.8) is 0 Å². The van der Waals surface area contributed by atoms with E-state index in [0.29, 0.717) is 23.5 Å². The topological polar surface area (TPSA) is 49.7 Å². The molecule has 22 heavy (non-hydrogen) atoms. The van der Waals surface area contributed by atoms with Crippen LogP contribution in [-0.4, -0.2) is 23.4 Å². The number of methoxy groups -OCH3 is 1. The van der Waals surface area contributed by atoms with Crippen molar-refractivity contribution in [2.75, 3.05) is 7.11 Å². The highest BCUT2D eigenvalue weighted by Gasteiger charge is 2.54. The molecule has 0 radical (unpaired) electrons. The van der Waals surface area contributed by atoms with Gasteiger partial charge in [0.2, 0.25) is 0 Å². The number of phenolic OH excluding ortho intramolecular Hbond substituents is 1. The average Bonchev–Trinajstić information content (AvgIpc) is 2.82. The Labute approximate surface area is 132 Å². The van der Waals surface area contributed by atoms with E-state index in [1.807, 2.05) is 12.1 Å². The fourth-order valence-electron chi connectivity index (χ4n) is 5.72. The second kappa shape index (κ2) is 4.89. The van der Waals surface area contributed by atoms with Crippen LogP contribution in [0.4, 0.5) is 0 Å². The Morgan fingerprint density at radius 2 is 2.00 bits per heavy atom. The molecule has 1 aromatic rings. The zero-order valence-electron chi connectivity index (χ0n) is 13.5. The van der Waals surface area contributed by atoms with Crippen molar-refractivity contribution in [3.8, 4) is 11.5 Å². The van der Waals surface area contributed by atoms with Crippen LogP contribution in [0.15, 0.2) is 12.1 Å². The van der Waals surface area contributed by atoms with Crippen LogP contribution in [0.1, 0.15) is 56.1 Å². The number of aryl methyl sites for hydroxylation is 1. The fraction of sp³-hybridized carbons (Fsp3) is 0.684. The summed E-state index contributed by atoms with van der Waals surface area (Å²) in [6, 6.07) is 3.97. The normalized spacial score (nSPS) is 39.8. The number of rotatable bonds is 1. The quantitative estimate of drug-likeness (QED) is 0.833. The maximum atomic E-state index is 10.4. The number of aromatic hydroxyl groups is 1. The molecule has 0 saturated heterocycles. The fourth-order valence-corrected chi connectivity index (χ4v) is 5.72. The van der Waals surface area contributed by atoms with Crippen LogP contribution in [0.3, 0.4) is 0 Å². The van der Waals surface area contributed by atoms with Crippen LogP contribution in [0.25, 0.3) is 0 Å². The van der Waals surface area contributed by atoms with Gasteiger partial charge in [0.05, 0.1) is 13.2 Å². The first-order valence-electron chi connectivity index (χ1n) is 8.62. The van der Waals surface area contributed by atoms with Gasteiger partial charge in [0.25, 0.3) is 0 Å². The SMILES string of the molecule is COc1cc2c(cc1O)[C@H]1CC[C@]3(C)C(O)CC[C@H]3[C@@H]1CC2. The van der Waals surface area contributed by atoms with E-state index in [2.05, 4.69) is 6.92 Å². The standard InChI is InChI=1S/C19H26O3/c1-19-8-7-12-13(15(19)5-6-18(19)21)4-3-11-9-17(22-2)16(20)10-14(11)12/h9-10,12-13,15,18,20-21H,3-8H2,1-2H3/t12-,13+,15-,18?,19-/m0/s1. The molecule has 120 valence electrons. The molecule has 1 unspecified atom stereocenters. The van der Waals surface area contributed by atoms with Gasteiger partial charge in [-0.25, -0.2) is 0 Å². The first kappa shape index (κ1) is 14.4. The van der Waals surface area contributed by atoms with E-state index in [-0.39, 0.29) is 17.3 Å². The van der Waals surface area contributed by atoms with Gasteiger partial charge in [0.15, 0.2) is 11.5 Å². The molecule has 3 heteroatoms. The summed E-state index contributed by atoms with van der Waals surface area (Å²) in [7, 11) is 1.61. The van der Waals surface area contributed by atoms with Crippen molar-refractivity contribution in [1.29, 1.82) is 0 Å². The number of ether oxygens (including phenoxy) is 1. The third-order valence-corrected chi connectivity index (χ3v) is 6.97. The highest BCUT2D eigenvalue weighted by atomic mass is 16.5. The Kier molecular flexibility index (Phi) is 3.19. The summed E-state index contributed by atoms with van der Waals surface area (Å²) in [6.45, 7) is 2.30. The van der Waals surface area contributed by atoms with Crippen LogP contribution in [0.5, 0.6) is 11.5 Å². The number of hydrogen-bond acceptors (Lipinski definition) is 3. The minimum Gasteiger partial charge on any atom is -0.504 e. The summed E-state index contributed by atoms with van der Waals surface area (Å²) in [5.41, 5.74) is 2.80.